The number of hydrogen-bond donors (Lipinski definition) is 0. The molecule has 0 bridgehead atoms. The topological polar surface area (TPSA) is 52.6 Å². The number of allylic oxidation sites excluding steroid dienone is 2. The molecule has 0 aromatic rings. The lowest BCUT2D eigenvalue weighted by Gasteiger charge is -2.05. The van der Waals surface area contributed by atoms with Crippen LogP contribution in [-0.4, -0.2) is 25.7 Å². The zero-order valence-electron chi connectivity index (χ0n) is 12.3. The van der Waals surface area contributed by atoms with Gasteiger partial charge < -0.3 is 9.47 Å². The van der Waals surface area contributed by atoms with Crippen molar-refractivity contribution in [3.63, 3.8) is 0 Å². The molecular formula is C15H24O4. The van der Waals surface area contributed by atoms with Crippen LogP contribution >= 0.6 is 0 Å². The Morgan fingerprint density at radius 3 is 2.37 bits per heavy atom. The van der Waals surface area contributed by atoms with Crippen LogP contribution in [0.2, 0.25) is 0 Å². The third kappa shape index (κ3) is 8.19. The minimum atomic E-state index is -0.324. The molecule has 0 N–H and O–H groups in total. The maximum Gasteiger partial charge on any atom is 0.333 e. The first-order valence-corrected chi connectivity index (χ1v) is 6.66. The highest BCUT2D eigenvalue weighted by molar-refractivity contribution is 5.87. The van der Waals surface area contributed by atoms with E-state index in [2.05, 4.69) is 11.7 Å². The van der Waals surface area contributed by atoms with E-state index in [1.165, 1.54) is 13.2 Å². The van der Waals surface area contributed by atoms with Gasteiger partial charge >= 0.3 is 11.9 Å². The largest absolute Gasteiger partial charge is 0.466 e. The van der Waals surface area contributed by atoms with Crippen molar-refractivity contribution in [3.8, 4) is 0 Å². The molecule has 4 heteroatoms. The van der Waals surface area contributed by atoms with Crippen LogP contribution in [-0.2, 0) is 19.1 Å². The summed E-state index contributed by atoms with van der Waals surface area (Å²) in [5.41, 5.74) is 1.65. The fourth-order valence-electron chi connectivity index (χ4n) is 1.62. The van der Waals surface area contributed by atoms with Gasteiger partial charge in [0, 0.05) is 11.6 Å². The van der Waals surface area contributed by atoms with Crippen LogP contribution in [0.25, 0.3) is 0 Å². The van der Waals surface area contributed by atoms with Crippen LogP contribution in [0.15, 0.2) is 23.3 Å². The van der Waals surface area contributed by atoms with Crippen LogP contribution in [0.3, 0.4) is 0 Å². The van der Waals surface area contributed by atoms with Crippen molar-refractivity contribution in [2.24, 2.45) is 0 Å². The van der Waals surface area contributed by atoms with Crippen LogP contribution in [0.5, 0.6) is 0 Å². The molecule has 0 aromatic heterocycles. The molecule has 0 heterocycles. The number of carbonyl (C=O) groups excluding carboxylic acids is 2. The van der Waals surface area contributed by atoms with E-state index in [0.29, 0.717) is 18.6 Å². The Morgan fingerprint density at radius 1 is 1.16 bits per heavy atom. The fourth-order valence-corrected chi connectivity index (χ4v) is 1.62. The lowest BCUT2D eigenvalue weighted by molar-refractivity contribution is -0.138. The van der Waals surface area contributed by atoms with E-state index in [-0.39, 0.29) is 11.9 Å². The molecule has 0 radical (unpaired) electrons. The van der Waals surface area contributed by atoms with Crippen molar-refractivity contribution in [2.75, 3.05) is 13.7 Å². The lowest BCUT2D eigenvalue weighted by atomic mass is 10.0. The van der Waals surface area contributed by atoms with Gasteiger partial charge in [0.25, 0.3) is 0 Å². The quantitative estimate of drug-likeness (QED) is 0.501. The summed E-state index contributed by atoms with van der Waals surface area (Å²) in [6, 6.07) is 0. The zero-order valence-corrected chi connectivity index (χ0v) is 12.3. The van der Waals surface area contributed by atoms with Crippen molar-refractivity contribution in [1.82, 2.24) is 0 Å². The summed E-state index contributed by atoms with van der Waals surface area (Å²) >= 11 is 0. The van der Waals surface area contributed by atoms with Gasteiger partial charge in [-0.15, -0.1) is 0 Å². The monoisotopic (exact) mass is 268 g/mol. The molecule has 0 unspecified atom stereocenters. The summed E-state index contributed by atoms with van der Waals surface area (Å²) < 4.78 is 9.51. The highest BCUT2D eigenvalue weighted by Crippen LogP contribution is 2.14. The molecule has 0 aromatic carbocycles. The molecule has 0 aliphatic heterocycles. The Hall–Kier alpha value is -1.58. The van der Waals surface area contributed by atoms with E-state index in [1.807, 2.05) is 6.08 Å². The van der Waals surface area contributed by atoms with Gasteiger partial charge in [0.05, 0.1) is 13.7 Å². The Kier molecular flexibility index (Phi) is 9.49. The average molecular weight is 268 g/mol. The summed E-state index contributed by atoms with van der Waals surface area (Å²) in [6.07, 6.45) is 6.69. The molecule has 108 valence electrons. The van der Waals surface area contributed by atoms with Crippen molar-refractivity contribution in [3.05, 3.63) is 23.3 Å². The zero-order chi connectivity index (χ0) is 14.7. The Balaban J connectivity index is 4.40. The maximum absolute atomic E-state index is 11.4. The van der Waals surface area contributed by atoms with Gasteiger partial charge in [-0.3, -0.25) is 0 Å². The second-order valence-electron chi connectivity index (χ2n) is 4.22. The van der Waals surface area contributed by atoms with Crippen molar-refractivity contribution in [1.29, 1.82) is 0 Å². The first kappa shape index (κ1) is 17.4. The second kappa shape index (κ2) is 10.4. The van der Waals surface area contributed by atoms with Gasteiger partial charge in [-0.05, 0) is 33.1 Å². The van der Waals surface area contributed by atoms with E-state index in [4.69, 9.17) is 4.74 Å². The number of rotatable bonds is 8. The minimum Gasteiger partial charge on any atom is -0.466 e. The van der Waals surface area contributed by atoms with Crippen LogP contribution in [0.1, 0.15) is 46.5 Å². The molecule has 0 aliphatic carbocycles. The predicted octanol–water partition coefficient (Wildman–Crippen LogP) is 3.18. The molecule has 0 aliphatic rings. The molecule has 4 nitrogen and oxygen atoms in total. The van der Waals surface area contributed by atoms with Gasteiger partial charge in [-0.2, -0.15) is 0 Å². The first-order chi connectivity index (χ1) is 9.04. The second-order valence-corrected chi connectivity index (χ2v) is 4.22. The molecule has 0 rings (SSSR count). The predicted molar refractivity (Wildman–Crippen MR) is 74.6 cm³/mol. The van der Waals surface area contributed by atoms with E-state index >= 15 is 0 Å². The van der Waals surface area contributed by atoms with Crippen molar-refractivity contribution >= 4 is 11.9 Å². The molecule has 19 heavy (non-hydrogen) atoms. The molecule has 0 saturated heterocycles. The van der Waals surface area contributed by atoms with Gasteiger partial charge in [0.2, 0.25) is 0 Å². The van der Waals surface area contributed by atoms with Crippen molar-refractivity contribution in [2.45, 2.75) is 46.5 Å². The van der Waals surface area contributed by atoms with Gasteiger partial charge in [0.15, 0.2) is 0 Å². The maximum atomic E-state index is 11.4. The van der Waals surface area contributed by atoms with Crippen LogP contribution in [0, 0.1) is 0 Å². The van der Waals surface area contributed by atoms with Crippen LogP contribution in [0.4, 0.5) is 0 Å². The van der Waals surface area contributed by atoms with Gasteiger partial charge in [0.1, 0.15) is 0 Å². The first-order valence-electron chi connectivity index (χ1n) is 6.66. The Morgan fingerprint density at radius 2 is 1.84 bits per heavy atom. The average Bonchev–Trinajstić information content (AvgIpc) is 2.38. The van der Waals surface area contributed by atoms with Gasteiger partial charge in [-0.1, -0.05) is 25.0 Å². The summed E-state index contributed by atoms with van der Waals surface area (Å²) in [6.45, 7) is 5.96. The van der Waals surface area contributed by atoms with E-state index < -0.39 is 0 Å². The summed E-state index contributed by atoms with van der Waals surface area (Å²) in [5, 5.41) is 0. The Labute approximate surface area is 115 Å². The number of ether oxygens (including phenoxy) is 2. The molecular weight excluding hydrogens is 244 g/mol. The standard InChI is InChI=1S/C15H24O4/c1-5-8-13(11-14(16)18-4)10-7-9-12(3)15(17)19-6-2/h9,11H,5-8,10H2,1-4H3/b12-9+,13-11-. The molecule has 0 amide bonds. The lowest BCUT2D eigenvalue weighted by Crippen LogP contribution is -2.05. The minimum absolute atomic E-state index is 0.281. The SMILES string of the molecule is CCC/C(=C/C(=O)OC)CC/C=C(\C)C(=O)OCC. The summed E-state index contributed by atoms with van der Waals surface area (Å²) in [7, 11) is 1.37. The third-order valence-electron chi connectivity index (χ3n) is 2.61. The summed E-state index contributed by atoms with van der Waals surface area (Å²) in [5.74, 6) is -0.606. The highest BCUT2D eigenvalue weighted by atomic mass is 16.5. The third-order valence-corrected chi connectivity index (χ3v) is 2.61. The van der Waals surface area contributed by atoms with E-state index in [9.17, 15) is 9.59 Å². The number of esters is 2. The van der Waals surface area contributed by atoms with E-state index in [0.717, 1.165) is 24.8 Å². The molecule has 0 saturated carbocycles. The fraction of sp³-hybridized carbons (Fsp3) is 0.600. The summed E-state index contributed by atoms with van der Waals surface area (Å²) in [4.78, 5) is 22.6. The normalized spacial score (nSPS) is 12.2. The molecule has 0 fully saturated rings. The molecule has 0 spiro atoms. The number of carbonyl (C=O) groups is 2. The number of methoxy groups -OCH3 is 1. The highest BCUT2D eigenvalue weighted by Gasteiger charge is 2.05. The smallest absolute Gasteiger partial charge is 0.333 e. The van der Waals surface area contributed by atoms with Gasteiger partial charge in [-0.25, -0.2) is 9.59 Å². The van der Waals surface area contributed by atoms with Crippen LogP contribution < -0.4 is 0 Å². The molecule has 0 atom stereocenters. The van der Waals surface area contributed by atoms with Crippen molar-refractivity contribution < 1.29 is 19.1 Å². The van der Waals surface area contributed by atoms with E-state index in [1.54, 1.807) is 13.8 Å². The number of hydrogen-bond acceptors (Lipinski definition) is 4. The Bertz CT molecular complexity index is 353.